The second-order valence-electron chi connectivity index (χ2n) is 4.56. The van der Waals surface area contributed by atoms with Gasteiger partial charge >= 0.3 is 0 Å². The van der Waals surface area contributed by atoms with Gasteiger partial charge in [0, 0.05) is 17.1 Å². The highest BCUT2D eigenvalue weighted by atomic mass is 16.1. The van der Waals surface area contributed by atoms with Crippen molar-refractivity contribution in [2.75, 3.05) is 11.1 Å². The standard InChI is InChI=1S/C15H17N3O/c1-9-4-3-5-10(2)14(9)18-11-6-7-13(16)12(8-11)15(17)19/h3-8,18H,16H2,1-2H3,(H2,17,19). The minimum absolute atomic E-state index is 0.330. The van der Waals surface area contributed by atoms with Gasteiger partial charge in [0.2, 0.25) is 0 Å². The highest BCUT2D eigenvalue weighted by Crippen LogP contribution is 2.26. The number of amides is 1. The number of nitrogen functional groups attached to an aromatic ring is 1. The van der Waals surface area contributed by atoms with Gasteiger partial charge in [0.1, 0.15) is 0 Å². The molecule has 2 aromatic rings. The fourth-order valence-corrected chi connectivity index (χ4v) is 2.00. The van der Waals surface area contributed by atoms with Crippen molar-refractivity contribution in [2.45, 2.75) is 13.8 Å². The summed E-state index contributed by atoms with van der Waals surface area (Å²) in [6.07, 6.45) is 0. The van der Waals surface area contributed by atoms with Crippen molar-refractivity contribution >= 4 is 23.0 Å². The molecule has 0 saturated heterocycles. The topological polar surface area (TPSA) is 81.1 Å². The Kier molecular flexibility index (Phi) is 3.42. The molecule has 0 saturated carbocycles. The lowest BCUT2D eigenvalue weighted by Crippen LogP contribution is -2.13. The minimum Gasteiger partial charge on any atom is -0.398 e. The fourth-order valence-electron chi connectivity index (χ4n) is 2.00. The summed E-state index contributed by atoms with van der Waals surface area (Å²) in [6, 6.07) is 11.2. The highest BCUT2D eigenvalue weighted by molar-refractivity contribution is 5.99. The number of carbonyl (C=O) groups is 1. The SMILES string of the molecule is Cc1cccc(C)c1Nc1ccc(N)c(C(N)=O)c1. The van der Waals surface area contributed by atoms with E-state index in [1.807, 2.05) is 38.1 Å². The number of anilines is 3. The van der Waals surface area contributed by atoms with E-state index in [-0.39, 0.29) is 0 Å². The maximum atomic E-state index is 11.3. The Balaban J connectivity index is 2.39. The quantitative estimate of drug-likeness (QED) is 0.737. The van der Waals surface area contributed by atoms with Crippen molar-refractivity contribution in [1.82, 2.24) is 0 Å². The van der Waals surface area contributed by atoms with Gasteiger partial charge in [0.25, 0.3) is 5.91 Å². The summed E-state index contributed by atoms with van der Waals surface area (Å²) in [4.78, 5) is 11.3. The zero-order valence-electron chi connectivity index (χ0n) is 11.0. The molecule has 0 aromatic heterocycles. The monoisotopic (exact) mass is 255 g/mol. The average molecular weight is 255 g/mol. The molecule has 2 aromatic carbocycles. The number of hydrogen-bond acceptors (Lipinski definition) is 3. The van der Waals surface area contributed by atoms with Crippen molar-refractivity contribution < 1.29 is 4.79 Å². The van der Waals surface area contributed by atoms with Crippen molar-refractivity contribution in [3.8, 4) is 0 Å². The van der Waals surface area contributed by atoms with E-state index in [9.17, 15) is 4.79 Å². The van der Waals surface area contributed by atoms with Crippen LogP contribution in [0.25, 0.3) is 0 Å². The molecule has 4 heteroatoms. The van der Waals surface area contributed by atoms with Crippen LogP contribution in [0.1, 0.15) is 21.5 Å². The van der Waals surface area contributed by atoms with E-state index in [0.717, 1.165) is 22.5 Å². The number of primary amides is 1. The molecule has 0 heterocycles. The first-order chi connectivity index (χ1) is 8.99. The van der Waals surface area contributed by atoms with Gasteiger partial charge in [-0.1, -0.05) is 18.2 Å². The molecule has 4 nitrogen and oxygen atoms in total. The van der Waals surface area contributed by atoms with Gasteiger partial charge in [-0.3, -0.25) is 4.79 Å². The molecule has 0 unspecified atom stereocenters. The van der Waals surface area contributed by atoms with Crippen molar-refractivity contribution in [3.05, 3.63) is 53.1 Å². The molecular weight excluding hydrogens is 238 g/mol. The predicted molar refractivity (Wildman–Crippen MR) is 78.6 cm³/mol. The van der Waals surface area contributed by atoms with Gasteiger partial charge in [-0.2, -0.15) is 0 Å². The molecule has 19 heavy (non-hydrogen) atoms. The Labute approximate surface area is 112 Å². The van der Waals surface area contributed by atoms with Crippen LogP contribution < -0.4 is 16.8 Å². The Morgan fingerprint density at radius 1 is 1.11 bits per heavy atom. The fraction of sp³-hybridized carbons (Fsp3) is 0.133. The lowest BCUT2D eigenvalue weighted by Gasteiger charge is -2.13. The summed E-state index contributed by atoms with van der Waals surface area (Å²) in [5.41, 5.74) is 15.8. The van der Waals surface area contributed by atoms with E-state index in [1.54, 1.807) is 12.1 Å². The first-order valence-corrected chi connectivity index (χ1v) is 6.01. The summed E-state index contributed by atoms with van der Waals surface area (Å²) in [7, 11) is 0. The summed E-state index contributed by atoms with van der Waals surface area (Å²) in [5, 5.41) is 3.30. The van der Waals surface area contributed by atoms with E-state index in [2.05, 4.69) is 5.32 Å². The summed E-state index contributed by atoms with van der Waals surface area (Å²) in [5.74, 6) is -0.525. The van der Waals surface area contributed by atoms with Crippen LogP contribution >= 0.6 is 0 Å². The molecule has 2 rings (SSSR count). The lowest BCUT2D eigenvalue weighted by molar-refractivity contribution is 0.100. The van der Waals surface area contributed by atoms with Crippen LogP contribution in [0.4, 0.5) is 17.1 Å². The van der Waals surface area contributed by atoms with Crippen molar-refractivity contribution in [1.29, 1.82) is 0 Å². The van der Waals surface area contributed by atoms with E-state index >= 15 is 0 Å². The molecule has 0 aliphatic carbocycles. The first kappa shape index (κ1) is 13.0. The number of carbonyl (C=O) groups excluding carboxylic acids is 1. The number of para-hydroxylation sites is 1. The molecule has 0 spiro atoms. The average Bonchev–Trinajstić information content (AvgIpc) is 2.35. The van der Waals surface area contributed by atoms with E-state index in [0.29, 0.717) is 11.3 Å². The normalized spacial score (nSPS) is 10.2. The summed E-state index contributed by atoms with van der Waals surface area (Å²) < 4.78 is 0. The van der Waals surface area contributed by atoms with E-state index in [4.69, 9.17) is 11.5 Å². The molecule has 0 radical (unpaired) electrons. The Hall–Kier alpha value is -2.49. The summed E-state index contributed by atoms with van der Waals surface area (Å²) >= 11 is 0. The van der Waals surface area contributed by atoms with Crippen LogP contribution in [0.5, 0.6) is 0 Å². The molecule has 0 atom stereocenters. The first-order valence-electron chi connectivity index (χ1n) is 6.01. The zero-order valence-corrected chi connectivity index (χ0v) is 11.0. The molecule has 0 bridgehead atoms. The molecule has 5 N–H and O–H groups in total. The largest absolute Gasteiger partial charge is 0.398 e. The number of benzene rings is 2. The Morgan fingerprint density at radius 2 is 1.74 bits per heavy atom. The number of hydrogen-bond donors (Lipinski definition) is 3. The van der Waals surface area contributed by atoms with Crippen LogP contribution in [-0.2, 0) is 0 Å². The van der Waals surface area contributed by atoms with Gasteiger partial charge in [-0.25, -0.2) is 0 Å². The van der Waals surface area contributed by atoms with E-state index < -0.39 is 5.91 Å². The number of nitrogens with one attached hydrogen (secondary N) is 1. The van der Waals surface area contributed by atoms with Crippen molar-refractivity contribution in [2.24, 2.45) is 5.73 Å². The van der Waals surface area contributed by atoms with Gasteiger partial charge in [0.15, 0.2) is 0 Å². The predicted octanol–water partition coefficient (Wildman–Crippen LogP) is 2.73. The van der Waals surface area contributed by atoms with Gasteiger partial charge in [0.05, 0.1) is 5.56 Å². The Morgan fingerprint density at radius 3 is 2.32 bits per heavy atom. The third kappa shape index (κ3) is 2.68. The van der Waals surface area contributed by atoms with Crippen LogP contribution in [0, 0.1) is 13.8 Å². The zero-order chi connectivity index (χ0) is 14.0. The van der Waals surface area contributed by atoms with Gasteiger partial charge in [-0.15, -0.1) is 0 Å². The van der Waals surface area contributed by atoms with Crippen molar-refractivity contribution in [3.63, 3.8) is 0 Å². The lowest BCUT2D eigenvalue weighted by atomic mass is 10.1. The van der Waals surface area contributed by atoms with Gasteiger partial charge in [-0.05, 0) is 43.2 Å². The van der Waals surface area contributed by atoms with Gasteiger partial charge < -0.3 is 16.8 Å². The number of aryl methyl sites for hydroxylation is 2. The molecule has 0 aliphatic heterocycles. The second-order valence-corrected chi connectivity index (χ2v) is 4.56. The molecule has 1 amide bonds. The van der Waals surface area contributed by atoms with E-state index in [1.165, 1.54) is 0 Å². The molecule has 0 fully saturated rings. The maximum absolute atomic E-state index is 11.3. The third-order valence-corrected chi connectivity index (χ3v) is 3.07. The molecule has 98 valence electrons. The van der Waals surface area contributed by atoms with Crippen LogP contribution in [0.3, 0.4) is 0 Å². The Bertz CT molecular complexity index is 615. The van der Waals surface area contributed by atoms with Crippen LogP contribution in [0.15, 0.2) is 36.4 Å². The molecule has 0 aliphatic rings. The minimum atomic E-state index is -0.525. The maximum Gasteiger partial charge on any atom is 0.250 e. The number of nitrogens with two attached hydrogens (primary N) is 2. The smallest absolute Gasteiger partial charge is 0.250 e. The van der Waals surface area contributed by atoms with Crippen LogP contribution in [0.2, 0.25) is 0 Å². The highest BCUT2D eigenvalue weighted by Gasteiger charge is 2.08. The van der Waals surface area contributed by atoms with Crippen LogP contribution in [-0.4, -0.2) is 5.91 Å². The second kappa shape index (κ2) is 5.02. The number of rotatable bonds is 3. The molecular formula is C15H17N3O. The third-order valence-electron chi connectivity index (χ3n) is 3.07. The summed E-state index contributed by atoms with van der Waals surface area (Å²) in [6.45, 7) is 4.06.